The molecule has 4 aromatic carbocycles. The Morgan fingerprint density at radius 1 is 1.00 bits per heavy atom. The third-order valence-corrected chi connectivity index (χ3v) is 7.47. The number of carbonyl (C=O) groups is 3. The van der Waals surface area contributed by atoms with Crippen molar-refractivity contribution < 1.29 is 23.9 Å². The van der Waals surface area contributed by atoms with Crippen molar-refractivity contribution in [2.75, 3.05) is 19.0 Å². The topological polar surface area (TPSA) is 84.9 Å². The molecule has 3 amide bonds. The van der Waals surface area contributed by atoms with Crippen LogP contribution in [0.15, 0.2) is 94.3 Å². The van der Waals surface area contributed by atoms with Gasteiger partial charge < -0.3 is 14.8 Å². The molecular weight excluding hydrogens is 580 g/mol. The van der Waals surface area contributed by atoms with Crippen LogP contribution in [0.2, 0.25) is 0 Å². The van der Waals surface area contributed by atoms with Crippen LogP contribution in [0, 0.1) is 0 Å². The highest BCUT2D eigenvalue weighted by Crippen LogP contribution is 2.35. The third-order valence-electron chi connectivity index (χ3n) is 6.07. The average Bonchev–Trinajstić information content (AvgIpc) is 3.20. The van der Waals surface area contributed by atoms with Crippen LogP contribution in [0.1, 0.15) is 11.1 Å². The quantitative estimate of drug-likeness (QED) is 0.222. The van der Waals surface area contributed by atoms with Gasteiger partial charge in [0.1, 0.15) is 24.7 Å². The predicted molar refractivity (Wildman–Crippen MR) is 157 cm³/mol. The van der Waals surface area contributed by atoms with Crippen LogP contribution in [0.3, 0.4) is 0 Å². The molecule has 7 nitrogen and oxygen atoms in total. The number of fused-ring (bicyclic) bond motifs is 1. The summed E-state index contributed by atoms with van der Waals surface area (Å²) in [6.45, 7) is -0.0617. The number of nitrogens with zero attached hydrogens (tertiary/aromatic N) is 1. The minimum absolute atomic E-state index is 0.213. The van der Waals surface area contributed by atoms with Gasteiger partial charge in [0, 0.05) is 15.7 Å². The number of nitrogens with one attached hydrogen (secondary N) is 1. The fraction of sp³-hybridized carbons (Fsp3) is 0.100. The molecule has 0 saturated carbocycles. The van der Waals surface area contributed by atoms with Gasteiger partial charge in [0.2, 0.25) is 5.91 Å². The van der Waals surface area contributed by atoms with E-state index in [1.165, 1.54) is 0 Å². The Hall–Kier alpha value is -4.08. The molecule has 0 radical (unpaired) electrons. The fourth-order valence-corrected chi connectivity index (χ4v) is 5.34. The van der Waals surface area contributed by atoms with Gasteiger partial charge in [0.05, 0.1) is 12.0 Å². The first-order chi connectivity index (χ1) is 18.9. The second kappa shape index (κ2) is 11.8. The number of rotatable bonds is 8. The summed E-state index contributed by atoms with van der Waals surface area (Å²) < 4.78 is 12.1. The van der Waals surface area contributed by atoms with Crippen molar-refractivity contribution in [1.82, 2.24) is 4.90 Å². The van der Waals surface area contributed by atoms with E-state index >= 15 is 0 Å². The first-order valence-corrected chi connectivity index (χ1v) is 13.6. The molecule has 196 valence electrons. The van der Waals surface area contributed by atoms with Crippen molar-refractivity contribution in [3.8, 4) is 11.5 Å². The zero-order valence-corrected chi connectivity index (χ0v) is 23.3. The molecular formula is C30H23BrN2O5S. The van der Waals surface area contributed by atoms with Crippen molar-refractivity contribution in [2.45, 2.75) is 6.61 Å². The Labute approximate surface area is 237 Å². The van der Waals surface area contributed by atoms with Crippen LogP contribution >= 0.6 is 27.7 Å². The summed E-state index contributed by atoms with van der Waals surface area (Å²) in [5.41, 5.74) is 2.20. The molecule has 0 unspecified atom stereocenters. The van der Waals surface area contributed by atoms with Gasteiger partial charge in [0.15, 0.2) is 0 Å². The van der Waals surface area contributed by atoms with Gasteiger partial charge in [-0.3, -0.25) is 19.3 Å². The minimum Gasteiger partial charge on any atom is -0.497 e. The van der Waals surface area contributed by atoms with Crippen molar-refractivity contribution in [3.63, 3.8) is 0 Å². The number of thioether (sulfide) groups is 1. The molecule has 0 atom stereocenters. The number of hydrogen-bond donors (Lipinski definition) is 1. The largest absolute Gasteiger partial charge is 0.497 e. The molecule has 39 heavy (non-hydrogen) atoms. The van der Waals surface area contributed by atoms with Crippen LogP contribution in [-0.4, -0.2) is 35.6 Å². The summed E-state index contributed by atoms with van der Waals surface area (Å²) in [4.78, 5) is 39.4. The summed E-state index contributed by atoms with van der Waals surface area (Å²) in [5, 5.41) is 4.41. The van der Waals surface area contributed by atoms with Crippen LogP contribution in [0.4, 0.5) is 10.5 Å². The van der Waals surface area contributed by atoms with E-state index < -0.39 is 23.6 Å². The van der Waals surface area contributed by atoms with E-state index in [-0.39, 0.29) is 4.91 Å². The molecule has 0 bridgehead atoms. The van der Waals surface area contributed by atoms with E-state index in [0.29, 0.717) is 29.4 Å². The van der Waals surface area contributed by atoms with Crippen LogP contribution in [0.25, 0.3) is 16.8 Å². The Morgan fingerprint density at radius 2 is 1.77 bits per heavy atom. The number of benzene rings is 4. The number of methoxy groups -OCH3 is 1. The van der Waals surface area contributed by atoms with E-state index in [4.69, 9.17) is 9.47 Å². The number of halogens is 1. The van der Waals surface area contributed by atoms with E-state index in [9.17, 15) is 14.4 Å². The molecule has 0 aliphatic carbocycles. The predicted octanol–water partition coefficient (Wildman–Crippen LogP) is 6.86. The minimum atomic E-state index is -0.533. The van der Waals surface area contributed by atoms with Gasteiger partial charge >= 0.3 is 0 Å². The van der Waals surface area contributed by atoms with Crippen molar-refractivity contribution in [3.05, 3.63) is 105 Å². The maximum atomic E-state index is 13.1. The Kier molecular flexibility index (Phi) is 7.99. The fourth-order valence-electron chi connectivity index (χ4n) is 4.13. The lowest BCUT2D eigenvalue weighted by Gasteiger charge is -2.13. The second-order valence-electron chi connectivity index (χ2n) is 8.65. The van der Waals surface area contributed by atoms with Crippen molar-refractivity contribution >= 4 is 67.3 Å². The summed E-state index contributed by atoms with van der Waals surface area (Å²) in [6, 6.07) is 26.4. The maximum Gasteiger partial charge on any atom is 0.294 e. The van der Waals surface area contributed by atoms with Gasteiger partial charge in [-0.25, -0.2) is 0 Å². The van der Waals surface area contributed by atoms with Gasteiger partial charge in [-0.2, -0.15) is 0 Å². The van der Waals surface area contributed by atoms with Crippen molar-refractivity contribution in [1.29, 1.82) is 0 Å². The second-order valence-corrected chi connectivity index (χ2v) is 10.6. The number of imide groups is 1. The van der Waals surface area contributed by atoms with Crippen LogP contribution < -0.4 is 14.8 Å². The molecule has 1 aliphatic heterocycles. The molecule has 1 heterocycles. The molecule has 0 spiro atoms. The Bertz CT molecular complexity index is 1600. The van der Waals surface area contributed by atoms with E-state index in [2.05, 4.69) is 39.4 Å². The molecule has 9 heteroatoms. The monoisotopic (exact) mass is 602 g/mol. The number of carbonyl (C=O) groups excluding carboxylic acids is 3. The van der Waals surface area contributed by atoms with Gasteiger partial charge in [-0.15, -0.1) is 0 Å². The van der Waals surface area contributed by atoms with Gasteiger partial charge in [0.25, 0.3) is 11.1 Å². The molecule has 4 aromatic rings. The normalized spacial score (nSPS) is 14.2. The molecule has 5 rings (SSSR count). The summed E-state index contributed by atoms with van der Waals surface area (Å²) >= 11 is 4.26. The summed E-state index contributed by atoms with van der Waals surface area (Å²) in [7, 11) is 1.55. The maximum absolute atomic E-state index is 13.1. The molecule has 0 aromatic heterocycles. The molecule has 1 fully saturated rings. The first-order valence-electron chi connectivity index (χ1n) is 12.0. The summed E-state index contributed by atoms with van der Waals surface area (Å²) in [5.74, 6) is 0.201. The van der Waals surface area contributed by atoms with Crippen molar-refractivity contribution in [2.24, 2.45) is 0 Å². The Balaban J connectivity index is 1.31. The van der Waals surface area contributed by atoms with E-state index in [1.807, 2.05) is 42.5 Å². The highest BCUT2D eigenvalue weighted by atomic mass is 79.9. The zero-order chi connectivity index (χ0) is 27.4. The highest BCUT2D eigenvalue weighted by Gasteiger charge is 2.36. The van der Waals surface area contributed by atoms with Crippen LogP contribution in [-0.2, 0) is 16.2 Å². The lowest BCUT2D eigenvalue weighted by molar-refractivity contribution is -0.127. The lowest BCUT2D eigenvalue weighted by atomic mass is 10.1. The average molecular weight is 603 g/mol. The van der Waals surface area contributed by atoms with Gasteiger partial charge in [-0.1, -0.05) is 58.4 Å². The van der Waals surface area contributed by atoms with Gasteiger partial charge in [-0.05, 0) is 76.6 Å². The molecule has 1 N–H and O–H groups in total. The lowest BCUT2D eigenvalue weighted by Crippen LogP contribution is -2.36. The smallest absolute Gasteiger partial charge is 0.294 e. The highest BCUT2D eigenvalue weighted by molar-refractivity contribution is 9.10. The number of hydrogen-bond acceptors (Lipinski definition) is 6. The first kappa shape index (κ1) is 26.5. The SMILES string of the molecule is COc1ccc(NC(=O)CN2C(=O)S/C(=C/c3cc(Br)ccc3OCc3cccc4ccccc34)C2=O)cc1. The molecule has 1 aliphatic rings. The van der Waals surface area contributed by atoms with E-state index in [0.717, 1.165) is 37.5 Å². The third kappa shape index (κ3) is 6.16. The standard InChI is InChI=1S/C30H23BrN2O5S/c1-37-24-12-10-23(11-13-24)32-28(34)17-33-29(35)27(39-30(33)36)16-21-15-22(31)9-14-26(21)38-18-20-7-4-6-19-5-2-3-8-25(19)20/h2-16H,17-18H2,1H3,(H,32,34)/b27-16+. The van der Waals surface area contributed by atoms with E-state index in [1.54, 1.807) is 37.5 Å². The van der Waals surface area contributed by atoms with Crippen LogP contribution in [0.5, 0.6) is 11.5 Å². The molecule has 1 saturated heterocycles. The number of anilines is 1. The Morgan fingerprint density at radius 3 is 2.56 bits per heavy atom. The number of amides is 3. The zero-order valence-electron chi connectivity index (χ0n) is 20.8. The number of ether oxygens (including phenoxy) is 2. The summed E-state index contributed by atoms with van der Waals surface area (Å²) in [6.07, 6.45) is 1.62.